The van der Waals surface area contributed by atoms with E-state index in [2.05, 4.69) is 0 Å². The number of ether oxygens (including phenoxy) is 4. The molecule has 1 aliphatic rings. The quantitative estimate of drug-likeness (QED) is 0.640. The fraction of sp³-hybridized carbons (Fsp3) is 0.818. The van der Waals surface area contributed by atoms with Gasteiger partial charge in [0.15, 0.2) is 0 Å². The minimum Gasteiger partial charge on any atom is -0.466 e. The Morgan fingerprint density at radius 1 is 1.00 bits per heavy atom. The maximum absolute atomic E-state index is 11.3. The van der Waals surface area contributed by atoms with Crippen LogP contribution in [0.4, 0.5) is 0 Å². The fourth-order valence-corrected chi connectivity index (χ4v) is 1.58. The van der Waals surface area contributed by atoms with Crippen molar-refractivity contribution in [3.05, 3.63) is 0 Å². The van der Waals surface area contributed by atoms with Crippen molar-refractivity contribution in [1.82, 2.24) is 0 Å². The molecule has 1 saturated heterocycles. The number of esters is 2. The summed E-state index contributed by atoms with van der Waals surface area (Å²) >= 11 is 0. The zero-order valence-electron chi connectivity index (χ0n) is 10.1. The Bertz CT molecular complexity index is 239. The minimum atomic E-state index is -0.432. The van der Waals surface area contributed by atoms with Gasteiger partial charge in [-0.25, -0.2) is 0 Å². The van der Waals surface area contributed by atoms with Gasteiger partial charge in [0, 0.05) is 0 Å². The fourth-order valence-electron chi connectivity index (χ4n) is 1.58. The van der Waals surface area contributed by atoms with Crippen LogP contribution in [0, 0.1) is 0 Å². The van der Waals surface area contributed by atoms with Crippen LogP contribution in [0.15, 0.2) is 0 Å². The molecule has 0 bridgehead atoms. The highest BCUT2D eigenvalue weighted by Crippen LogP contribution is 2.20. The third kappa shape index (κ3) is 4.70. The lowest BCUT2D eigenvalue weighted by Crippen LogP contribution is -2.29. The molecule has 0 saturated carbocycles. The van der Waals surface area contributed by atoms with Gasteiger partial charge in [0.1, 0.15) is 6.79 Å². The SMILES string of the molecule is CCOC(=O)C[C@@H]1OCO[C@H]1CC(=O)OCC. The summed E-state index contributed by atoms with van der Waals surface area (Å²) in [6, 6.07) is 0. The van der Waals surface area contributed by atoms with E-state index in [0.29, 0.717) is 13.2 Å². The largest absolute Gasteiger partial charge is 0.466 e. The van der Waals surface area contributed by atoms with Crippen molar-refractivity contribution < 1.29 is 28.5 Å². The lowest BCUT2D eigenvalue weighted by Gasteiger charge is -2.15. The molecule has 0 aromatic carbocycles. The Labute approximate surface area is 100 Å². The highest BCUT2D eigenvalue weighted by atomic mass is 16.7. The Morgan fingerprint density at radius 3 is 1.76 bits per heavy atom. The van der Waals surface area contributed by atoms with Crippen LogP contribution in [0.3, 0.4) is 0 Å². The molecule has 1 fully saturated rings. The van der Waals surface area contributed by atoms with Crippen molar-refractivity contribution in [3.8, 4) is 0 Å². The van der Waals surface area contributed by atoms with E-state index in [9.17, 15) is 9.59 Å². The summed E-state index contributed by atoms with van der Waals surface area (Å²) in [4.78, 5) is 22.6. The summed E-state index contributed by atoms with van der Waals surface area (Å²) in [7, 11) is 0. The molecular weight excluding hydrogens is 228 g/mol. The molecule has 0 aromatic rings. The van der Waals surface area contributed by atoms with Crippen LogP contribution in [0.25, 0.3) is 0 Å². The highest BCUT2D eigenvalue weighted by molar-refractivity contribution is 5.72. The molecule has 2 atom stereocenters. The van der Waals surface area contributed by atoms with Gasteiger partial charge < -0.3 is 18.9 Å². The molecule has 1 heterocycles. The van der Waals surface area contributed by atoms with Crippen molar-refractivity contribution in [2.24, 2.45) is 0 Å². The average Bonchev–Trinajstić information content (AvgIpc) is 2.66. The molecule has 0 spiro atoms. The Balaban J connectivity index is 2.38. The van der Waals surface area contributed by atoms with Gasteiger partial charge >= 0.3 is 11.9 Å². The van der Waals surface area contributed by atoms with Gasteiger partial charge in [0.2, 0.25) is 0 Å². The van der Waals surface area contributed by atoms with Gasteiger partial charge in [-0.1, -0.05) is 0 Å². The lowest BCUT2D eigenvalue weighted by atomic mass is 10.1. The van der Waals surface area contributed by atoms with Gasteiger partial charge in [0.25, 0.3) is 0 Å². The van der Waals surface area contributed by atoms with Crippen LogP contribution < -0.4 is 0 Å². The number of carbonyl (C=O) groups excluding carboxylic acids is 2. The second-order valence-electron chi connectivity index (χ2n) is 3.55. The number of hydrogen-bond donors (Lipinski definition) is 0. The first-order chi connectivity index (χ1) is 8.17. The van der Waals surface area contributed by atoms with Gasteiger partial charge in [0.05, 0.1) is 38.3 Å². The Morgan fingerprint density at radius 2 is 1.41 bits per heavy atom. The monoisotopic (exact) mass is 246 g/mol. The summed E-state index contributed by atoms with van der Waals surface area (Å²) in [5.74, 6) is -0.700. The second-order valence-corrected chi connectivity index (χ2v) is 3.55. The molecule has 1 aliphatic heterocycles. The van der Waals surface area contributed by atoms with Crippen LogP contribution in [0.1, 0.15) is 26.7 Å². The first kappa shape index (κ1) is 13.9. The van der Waals surface area contributed by atoms with Crippen molar-refractivity contribution in [1.29, 1.82) is 0 Å². The topological polar surface area (TPSA) is 71.1 Å². The Hall–Kier alpha value is -1.14. The van der Waals surface area contributed by atoms with E-state index in [0.717, 1.165) is 0 Å². The van der Waals surface area contributed by atoms with Crippen molar-refractivity contribution in [3.63, 3.8) is 0 Å². The molecule has 6 nitrogen and oxygen atoms in total. The molecule has 0 aromatic heterocycles. The predicted molar refractivity (Wildman–Crippen MR) is 57.1 cm³/mol. The molecule has 6 heteroatoms. The summed E-state index contributed by atoms with van der Waals surface area (Å²) in [6.45, 7) is 4.22. The van der Waals surface area contributed by atoms with E-state index in [1.165, 1.54) is 0 Å². The van der Waals surface area contributed by atoms with Gasteiger partial charge in [-0.05, 0) is 13.8 Å². The third-order valence-corrected chi connectivity index (χ3v) is 2.33. The predicted octanol–water partition coefficient (Wildman–Crippen LogP) is 0.634. The van der Waals surface area contributed by atoms with Crippen LogP contribution in [-0.2, 0) is 28.5 Å². The van der Waals surface area contributed by atoms with E-state index < -0.39 is 12.2 Å². The molecule has 98 valence electrons. The van der Waals surface area contributed by atoms with Crippen molar-refractivity contribution in [2.45, 2.75) is 38.9 Å². The second kappa shape index (κ2) is 7.24. The maximum atomic E-state index is 11.3. The van der Waals surface area contributed by atoms with E-state index in [1.807, 2.05) is 0 Å². The molecule has 1 rings (SSSR count). The number of rotatable bonds is 6. The first-order valence-corrected chi connectivity index (χ1v) is 5.71. The van der Waals surface area contributed by atoms with Gasteiger partial charge in [-0.3, -0.25) is 9.59 Å². The minimum absolute atomic E-state index is 0.0914. The summed E-state index contributed by atoms with van der Waals surface area (Å²) in [6.07, 6.45) is -0.674. The van der Waals surface area contributed by atoms with E-state index >= 15 is 0 Å². The summed E-state index contributed by atoms with van der Waals surface area (Å²) in [5.41, 5.74) is 0. The summed E-state index contributed by atoms with van der Waals surface area (Å²) in [5, 5.41) is 0. The van der Waals surface area contributed by atoms with Gasteiger partial charge in [-0.15, -0.1) is 0 Å². The molecule has 0 aliphatic carbocycles. The van der Waals surface area contributed by atoms with E-state index in [1.54, 1.807) is 13.8 Å². The molecule has 0 N–H and O–H groups in total. The van der Waals surface area contributed by atoms with Crippen LogP contribution in [0.5, 0.6) is 0 Å². The smallest absolute Gasteiger partial charge is 0.308 e. The average molecular weight is 246 g/mol. The molecule has 17 heavy (non-hydrogen) atoms. The van der Waals surface area contributed by atoms with Crippen LogP contribution in [0.2, 0.25) is 0 Å². The van der Waals surface area contributed by atoms with Gasteiger partial charge in [-0.2, -0.15) is 0 Å². The van der Waals surface area contributed by atoms with E-state index in [-0.39, 0.29) is 31.6 Å². The summed E-state index contributed by atoms with van der Waals surface area (Å²) < 4.78 is 20.1. The lowest BCUT2D eigenvalue weighted by molar-refractivity contribution is -0.148. The van der Waals surface area contributed by atoms with Crippen LogP contribution in [-0.4, -0.2) is 44.2 Å². The molecule has 0 amide bonds. The van der Waals surface area contributed by atoms with Crippen LogP contribution >= 0.6 is 0 Å². The normalized spacial score (nSPS) is 23.4. The third-order valence-electron chi connectivity index (χ3n) is 2.33. The standard InChI is InChI=1S/C11H18O6/c1-3-14-10(12)5-8-9(17-7-16-8)6-11(13)15-4-2/h8-9H,3-7H2,1-2H3/t8-,9-/m0/s1. The molecule has 0 radical (unpaired) electrons. The maximum Gasteiger partial charge on any atom is 0.308 e. The molecule has 0 unspecified atom stereocenters. The first-order valence-electron chi connectivity index (χ1n) is 5.71. The number of hydrogen-bond acceptors (Lipinski definition) is 6. The highest BCUT2D eigenvalue weighted by Gasteiger charge is 2.33. The van der Waals surface area contributed by atoms with Crippen molar-refractivity contribution >= 4 is 11.9 Å². The zero-order valence-corrected chi connectivity index (χ0v) is 10.1. The Kier molecular flexibility index (Phi) is 5.93. The van der Waals surface area contributed by atoms with E-state index in [4.69, 9.17) is 18.9 Å². The van der Waals surface area contributed by atoms with Crippen molar-refractivity contribution in [2.75, 3.05) is 20.0 Å². The molecular formula is C11H18O6. The zero-order chi connectivity index (χ0) is 12.7. The number of carbonyl (C=O) groups is 2.